The van der Waals surface area contributed by atoms with E-state index >= 15 is 0 Å². The van der Waals surface area contributed by atoms with E-state index < -0.39 is 0 Å². The maximum absolute atomic E-state index is 12.1. The van der Waals surface area contributed by atoms with Crippen LogP contribution in [0.2, 0.25) is 10.0 Å². The molecule has 0 unspecified atom stereocenters. The van der Waals surface area contributed by atoms with E-state index in [1.165, 1.54) is 0 Å². The van der Waals surface area contributed by atoms with Crippen molar-refractivity contribution >= 4 is 29.1 Å². The van der Waals surface area contributed by atoms with Gasteiger partial charge >= 0.3 is 0 Å². The fourth-order valence-corrected chi connectivity index (χ4v) is 3.11. The zero-order chi connectivity index (χ0) is 18.4. The minimum atomic E-state index is -0.272. The van der Waals surface area contributed by atoms with Gasteiger partial charge in [0.25, 0.3) is 5.91 Å². The number of benzene rings is 1. The maximum Gasteiger partial charge on any atom is 0.273 e. The van der Waals surface area contributed by atoms with Gasteiger partial charge in [-0.3, -0.25) is 9.69 Å². The number of carbonyl (C=O) groups is 1. The monoisotopic (exact) mass is 398 g/mol. The minimum absolute atomic E-state index is 0.0739. The maximum atomic E-state index is 12.1. The number of amides is 1. The summed E-state index contributed by atoms with van der Waals surface area (Å²) < 4.78 is 10.7. The first kappa shape index (κ1) is 19.0. The number of piperazine rings is 1. The van der Waals surface area contributed by atoms with Crippen LogP contribution in [0.25, 0.3) is 0 Å². The van der Waals surface area contributed by atoms with Crippen molar-refractivity contribution in [1.29, 1.82) is 0 Å². The molecular weight excluding hydrogens is 379 g/mol. The largest absolute Gasteiger partial charge is 0.482 e. The van der Waals surface area contributed by atoms with Gasteiger partial charge in [-0.05, 0) is 12.1 Å². The molecule has 1 aromatic heterocycles. The number of nitrogens with zero attached hydrogens (tertiary/aromatic N) is 2. The van der Waals surface area contributed by atoms with E-state index in [1.807, 2.05) is 0 Å². The van der Waals surface area contributed by atoms with Gasteiger partial charge in [-0.1, -0.05) is 34.4 Å². The van der Waals surface area contributed by atoms with Crippen LogP contribution >= 0.6 is 23.2 Å². The summed E-state index contributed by atoms with van der Waals surface area (Å²) in [5.74, 6) is 0.508. The summed E-state index contributed by atoms with van der Waals surface area (Å²) in [6.07, 6.45) is 0. The molecule has 2 N–H and O–H groups in total. The van der Waals surface area contributed by atoms with Crippen LogP contribution in [0.5, 0.6) is 5.75 Å². The number of para-hydroxylation sites is 1. The molecule has 140 valence electrons. The quantitative estimate of drug-likeness (QED) is 0.743. The van der Waals surface area contributed by atoms with E-state index in [0.29, 0.717) is 28.1 Å². The lowest BCUT2D eigenvalue weighted by molar-refractivity contribution is 0.0938. The lowest BCUT2D eigenvalue weighted by Gasteiger charge is -2.26. The van der Waals surface area contributed by atoms with Gasteiger partial charge in [-0.15, -0.1) is 0 Å². The van der Waals surface area contributed by atoms with Crippen molar-refractivity contribution in [2.24, 2.45) is 0 Å². The van der Waals surface area contributed by atoms with Gasteiger partial charge in [-0.2, -0.15) is 0 Å². The second-order valence-electron chi connectivity index (χ2n) is 5.87. The van der Waals surface area contributed by atoms with Crippen molar-refractivity contribution in [3.05, 3.63) is 45.8 Å². The number of rotatable bonds is 7. The fraction of sp³-hybridized carbons (Fsp3) is 0.412. The van der Waals surface area contributed by atoms with E-state index in [4.69, 9.17) is 32.5 Å². The molecule has 2 aromatic rings. The molecular formula is C17H20Cl2N4O3. The Morgan fingerprint density at radius 2 is 2.04 bits per heavy atom. The smallest absolute Gasteiger partial charge is 0.273 e. The third kappa shape index (κ3) is 5.11. The van der Waals surface area contributed by atoms with Gasteiger partial charge in [0.2, 0.25) is 0 Å². The lowest BCUT2D eigenvalue weighted by Crippen LogP contribution is -2.46. The molecule has 2 heterocycles. The van der Waals surface area contributed by atoms with Crippen LogP contribution in [0, 0.1) is 0 Å². The van der Waals surface area contributed by atoms with Crippen molar-refractivity contribution in [2.75, 3.05) is 39.3 Å². The first-order valence-corrected chi connectivity index (χ1v) is 9.13. The Morgan fingerprint density at radius 1 is 1.31 bits per heavy atom. The second kappa shape index (κ2) is 9.23. The minimum Gasteiger partial charge on any atom is -0.482 e. The molecule has 0 bridgehead atoms. The summed E-state index contributed by atoms with van der Waals surface area (Å²) in [5, 5.41) is 10.7. The van der Waals surface area contributed by atoms with E-state index in [0.717, 1.165) is 32.7 Å². The van der Waals surface area contributed by atoms with Gasteiger partial charge in [0.1, 0.15) is 6.61 Å². The van der Waals surface area contributed by atoms with Gasteiger partial charge in [-0.25, -0.2) is 0 Å². The molecule has 9 heteroatoms. The standard InChI is InChI=1S/C17H20Cl2N4O3/c18-13-2-1-3-14(19)16(13)25-11-12-10-15(22-26-12)17(24)21-6-9-23-7-4-20-5-8-23/h1-3,10,20H,4-9,11H2,(H,21,24). The summed E-state index contributed by atoms with van der Waals surface area (Å²) in [4.78, 5) is 14.4. The number of aromatic nitrogens is 1. The van der Waals surface area contributed by atoms with Crippen molar-refractivity contribution in [1.82, 2.24) is 20.7 Å². The third-order valence-corrected chi connectivity index (χ3v) is 4.59. The Labute approximate surface area is 161 Å². The summed E-state index contributed by atoms with van der Waals surface area (Å²) in [6, 6.07) is 6.64. The molecule has 1 saturated heterocycles. The molecule has 26 heavy (non-hydrogen) atoms. The molecule has 0 aliphatic carbocycles. The van der Waals surface area contributed by atoms with Crippen LogP contribution in [-0.4, -0.2) is 55.2 Å². The molecule has 0 atom stereocenters. The van der Waals surface area contributed by atoms with Crippen LogP contribution in [-0.2, 0) is 6.61 Å². The number of halogens is 2. The molecule has 1 fully saturated rings. The highest BCUT2D eigenvalue weighted by Crippen LogP contribution is 2.32. The van der Waals surface area contributed by atoms with Crippen LogP contribution < -0.4 is 15.4 Å². The Hall–Kier alpha value is -1.80. The molecule has 1 amide bonds. The first-order valence-electron chi connectivity index (χ1n) is 8.37. The highest BCUT2D eigenvalue weighted by molar-refractivity contribution is 6.37. The number of hydrogen-bond donors (Lipinski definition) is 2. The molecule has 0 saturated carbocycles. The zero-order valence-corrected chi connectivity index (χ0v) is 15.6. The number of ether oxygens (including phenoxy) is 1. The Bertz CT molecular complexity index is 727. The highest BCUT2D eigenvalue weighted by Gasteiger charge is 2.15. The molecule has 0 radical (unpaired) electrons. The first-order chi connectivity index (χ1) is 12.6. The van der Waals surface area contributed by atoms with Crippen LogP contribution in [0.1, 0.15) is 16.2 Å². The molecule has 1 aliphatic rings. The Kier molecular flexibility index (Phi) is 6.73. The predicted molar refractivity (Wildman–Crippen MR) is 98.9 cm³/mol. The van der Waals surface area contributed by atoms with Crippen molar-refractivity contribution in [3.63, 3.8) is 0 Å². The average molecular weight is 399 g/mol. The normalized spacial score (nSPS) is 15.0. The average Bonchev–Trinajstić information content (AvgIpc) is 3.11. The molecule has 1 aliphatic heterocycles. The summed E-state index contributed by atoms with van der Waals surface area (Å²) in [5.41, 5.74) is 0.217. The number of hydrogen-bond acceptors (Lipinski definition) is 6. The van der Waals surface area contributed by atoms with Crippen molar-refractivity contribution < 1.29 is 14.1 Å². The highest BCUT2D eigenvalue weighted by atomic mass is 35.5. The molecule has 3 rings (SSSR count). The fourth-order valence-electron chi connectivity index (χ4n) is 2.60. The summed E-state index contributed by atoms with van der Waals surface area (Å²) in [6.45, 7) is 5.40. The zero-order valence-electron chi connectivity index (χ0n) is 14.1. The van der Waals surface area contributed by atoms with Crippen LogP contribution in [0.3, 0.4) is 0 Å². The Balaban J connectivity index is 1.47. The third-order valence-electron chi connectivity index (χ3n) is 3.99. The molecule has 7 nitrogen and oxygen atoms in total. The number of nitrogens with one attached hydrogen (secondary N) is 2. The van der Waals surface area contributed by atoms with Crippen LogP contribution in [0.4, 0.5) is 0 Å². The second-order valence-corrected chi connectivity index (χ2v) is 6.68. The predicted octanol–water partition coefficient (Wildman–Crippen LogP) is 2.20. The van der Waals surface area contributed by atoms with Gasteiger partial charge in [0.05, 0.1) is 10.0 Å². The van der Waals surface area contributed by atoms with E-state index in [1.54, 1.807) is 24.3 Å². The van der Waals surface area contributed by atoms with E-state index in [-0.39, 0.29) is 18.2 Å². The summed E-state index contributed by atoms with van der Waals surface area (Å²) in [7, 11) is 0. The van der Waals surface area contributed by atoms with E-state index in [2.05, 4.69) is 20.7 Å². The Morgan fingerprint density at radius 3 is 2.77 bits per heavy atom. The van der Waals surface area contributed by atoms with Gasteiger partial charge in [0, 0.05) is 45.3 Å². The summed E-state index contributed by atoms with van der Waals surface area (Å²) >= 11 is 12.1. The molecule has 0 spiro atoms. The lowest BCUT2D eigenvalue weighted by atomic mass is 10.3. The molecule has 1 aromatic carbocycles. The SMILES string of the molecule is O=C(NCCN1CCNCC1)c1cc(COc2c(Cl)cccc2Cl)on1. The van der Waals surface area contributed by atoms with Crippen molar-refractivity contribution in [3.8, 4) is 5.75 Å². The van der Waals surface area contributed by atoms with Gasteiger partial charge < -0.3 is 19.9 Å². The van der Waals surface area contributed by atoms with Crippen molar-refractivity contribution in [2.45, 2.75) is 6.61 Å². The van der Waals surface area contributed by atoms with Gasteiger partial charge in [0.15, 0.2) is 17.2 Å². The van der Waals surface area contributed by atoms with Crippen LogP contribution in [0.15, 0.2) is 28.8 Å². The topological polar surface area (TPSA) is 79.6 Å². The number of carbonyl (C=O) groups excluding carboxylic acids is 1. The van der Waals surface area contributed by atoms with E-state index in [9.17, 15) is 4.79 Å².